The van der Waals surface area contributed by atoms with E-state index in [1.54, 1.807) is 0 Å². The van der Waals surface area contributed by atoms with Crippen LogP contribution in [0.1, 0.15) is 44.4 Å². The van der Waals surface area contributed by atoms with Crippen molar-refractivity contribution in [3.8, 4) is 0 Å². The highest BCUT2D eigenvalue weighted by Crippen LogP contribution is 2.06. The van der Waals surface area contributed by atoms with Crippen LogP contribution in [0.2, 0.25) is 0 Å². The van der Waals surface area contributed by atoms with Crippen LogP contribution in [0, 0.1) is 6.92 Å². The van der Waals surface area contributed by atoms with Gasteiger partial charge in [-0.2, -0.15) is 5.10 Å². The summed E-state index contributed by atoms with van der Waals surface area (Å²) >= 11 is 0. The monoisotopic (exact) mass is 223 g/mol. The minimum atomic E-state index is 0.682. The molecule has 1 heterocycles. The summed E-state index contributed by atoms with van der Waals surface area (Å²) in [6, 6.07) is 0.682. The lowest BCUT2D eigenvalue weighted by molar-refractivity contribution is 0.466. The molecule has 1 atom stereocenters. The summed E-state index contributed by atoms with van der Waals surface area (Å²) in [5, 5.41) is 7.88. The molecule has 1 unspecified atom stereocenters. The van der Waals surface area contributed by atoms with Gasteiger partial charge < -0.3 is 5.32 Å². The topological polar surface area (TPSA) is 29.9 Å². The maximum absolute atomic E-state index is 4.26. The van der Waals surface area contributed by atoms with Gasteiger partial charge in [0.1, 0.15) is 0 Å². The van der Waals surface area contributed by atoms with E-state index in [0.717, 1.165) is 13.0 Å². The van der Waals surface area contributed by atoms with Crippen LogP contribution in [-0.2, 0) is 13.5 Å². The minimum absolute atomic E-state index is 0.682. The van der Waals surface area contributed by atoms with Gasteiger partial charge in [0, 0.05) is 18.8 Å². The normalized spacial score (nSPS) is 13.0. The molecule has 1 N–H and O–H groups in total. The summed E-state index contributed by atoms with van der Waals surface area (Å²) in [5.41, 5.74) is 2.65. The average molecular weight is 223 g/mol. The van der Waals surface area contributed by atoms with Gasteiger partial charge in [-0.15, -0.1) is 0 Å². The zero-order chi connectivity index (χ0) is 12.0. The van der Waals surface area contributed by atoms with Crippen molar-refractivity contribution in [2.45, 2.75) is 52.5 Å². The summed E-state index contributed by atoms with van der Waals surface area (Å²) in [7, 11) is 2.00. The van der Waals surface area contributed by atoms with Crippen LogP contribution in [0.5, 0.6) is 0 Å². The molecule has 1 aromatic rings. The third kappa shape index (κ3) is 3.63. The van der Waals surface area contributed by atoms with Gasteiger partial charge in [-0.05, 0) is 38.3 Å². The highest BCUT2D eigenvalue weighted by molar-refractivity contribution is 5.16. The highest BCUT2D eigenvalue weighted by atomic mass is 15.3. The zero-order valence-electron chi connectivity index (χ0n) is 11.1. The van der Waals surface area contributed by atoms with Gasteiger partial charge >= 0.3 is 0 Å². The number of aromatic nitrogens is 2. The fourth-order valence-electron chi connectivity index (χ4n) is 2.00. The average Bonchev–Trinajstić information content (AvgIpc) is 2.59. The molecule has 0 aliphatic heterocycles. The molecule has 0 aliphatic rings. The molecule has 0 aromatic carbocycles. The Morgan fingerprint density at radius 1 is 1.44 bits per heavy atom. The summed E-state index contributed by atoms with van der Waals surface area (Å²) in [4.78, 5) is 0. The lowest BCUT2D eigenvalue weighted by Crippen LogP contribution is -2.30. The van der Waals surface area contributed by atoms with Crippen LogP contribution in [0.15, 0.2) is 6.20 Å². The SMILES string of the molecule is CCCC(CC)NCCc1cnn(C)c1C. The second-order valence-electron chi connectivity index (χ2n) is 4.48. The van der Waals surface area contributed by atoms with E-state index >= 15 is 0 Å². The Balaban J connectivity index is 2.32. The van der Waals surface area contributed by atoms with Crippen molar-refractivity contribution in [3.05, 3.63) is 17.5 Å². The molecule has 0 aliphatic carbocycles. The molecule has 1 rings (SSSR count). The molecule has 0 saturated heterocycles. The first kappa shape index (κ1) is 13.2. The van der Waals surface area contributed by atoms with E-state index in [0.29, 0.717) is 6.04 Å². The third-order valence-electron chi connectivity index (χ3n) is 3.29. The van der Waals surface area contributed by atoms with E-state index in [2.05, 4.69) is 31.2 Å². The van der Waals surface area contributed by atoms with Crippen molar-refractivity contribution < 1.29 is 0 Å². The van der Waals surface area contributed by atoms with Crippen molar-refractivity contribution in [1.29, 1.82) is 0 Å². The van der Waals surface area contributed by atoms with Crippen LogP contribution in [0.4, 0.5) is 0 Å². The number of rotatable bonds is 7. The van der Waals surface area contributed by atoms with Crippen LogP contribution in [-0.4, -0.2) is 22.4 Å². The summed E-state index contributed by atoms with van der Waals surface area (Å²) in [6.07, 6.45) is 6.83. The van der Waals surface area contributed by atoms with Gasteiger partial charge in [0.15, 0.2) is 0 Å². The fraction of sp³-hybridized carbons (Fsp3) is 0.769. The summed E-state index contributed by atoms with van der Waals surface area (Å²) in [6.45, 7) is 7.69. The number of aryl methyl sites for hydroxylation is 1. The molecular formula is C13H25N3. The second kappa shape index (κ2) is 6.69. The molecule has 0 amide bonds. The van der Waals surface area contributed by atoms with E-state index in [1.807, 2.05) is 17.9 Å². The first-order valence-electron chi connectivity index (χ1n) is 6.39. The number of nitrogens with zero attached hydrogens (tertiary/aromatic N) is 2. The molecular weight excluding hydrogens is 198 g/mol. The third-order valence-corrected chi connectivity index (χ3v) is 3.29. The van der Waals surface area contributed by atoms with Crippen molar-refractivity contribution in [2.75, 3.05) is 6.54 Å². The molecule has 3 nitrogen and oxygen atoms in total. The molecule has 0 saturated carbocycles. The van der Waals surface area contributed by atoms with E-state index in [1.165, 1.54) is 30.5 Å². The molecule has 3 heteroatoms. The van der Waals surface area contributed by atoms with Crippen LogP contribution >= 0.6 is 0 Å². The van der Waals surface area contributed by atoms with E-state index < -0.39 is 0 Å². The molecule has 0 spiro atoms. The Labute approximate surface area is 99.2 Å². The first-order chi connectivity index (χ1) is 7.69. The molecule has 0 radical (unpaired) electrons. The largest absolute Gasteiger partial charge is 0.314 e. The zero-order valence-corrected chi connectivity index (χ0v) is 11.1. The van der Waals surface area contributed by atoms with Crippen molar-refractivity contribution in [1.82, 2.24) is 15.1 Å². The molecule has 0 bridgehead atoms. The molecule has 92 valence electrons. The van der Waals surface area contributed by atoms with Crippen LogP contribution < -0.4 is 5.32 Å². The van der Waals surface area contributed by atoms with Gasteiger partial charge in [-0.25, -0.2) is 0 Å². The van der Waals surface area contributed by atoms with E-state index in [9.17, 15) is 0 Å². The second-order valence-corrected chi connectivity index (χ2v) is 4.48. The number of nitrogens with one attached hydrogen (secondary N) is 1. The first-order valence-corrected chi connectivity index (χ1v) is 6.39. The van der Waals surface area contributed by atoms with Gasteiger partial charge in [0.05, 0.1) is 6.20 Å². The van der Waals surface area contributed by atoms with Crippen molar-refractivity contribution in [2.24, 2.45) is 7.05 Å². The lowest BCUT2D eigenvalue weighted by atomic mass is 10.1. The van der Waals surface area contributed by atoms with E-state index in [4.69, 9.17) is 0 Å². The predicted octanol–water partition coefficient (Wildman–Crippen LogP) is 2.44. The maximum Gasteiger partial charge on any atom is 0.0524 e. The quantitative estimate of drug-likeness (QED) is 0.769. The number of hydrogen-bond acceptors (Lipinski definition) is 2. The maximum atomic E-state index is 4.26. The number of hydrogen-bond donors (Lipinski definition) is 1. The van der Waals surface area contributed by atoms with Crippen LogP contribution in [0.25, 0.3) is 0 Å². The van der Waals surface area contributed by atoms with Gasteiger partial charge in [0.2, 0.25) is 0 Å². The Hall–Kier alpha value is -0.830. The highest BCUT2D eigenvalue weighted by Gasteiger charge is 2.06. The van der Waals surface area contributed by atoms with Crippen molar-refractivity contribution in [3.63, 3.8) is 0 Å². The van der Waals surface area contributed by atoms with Crippen molar-refractivity contribution >= 4 is 0 Å². The minimum Gasteiger partial charge on any atom is -0.314 e. The molecule has 16 heavy (non-hydrogen) atoms. The van der Waals surface area contributed by atoms with Crippen LogP contribution in [0.3, 0.4) is 0 Å². The Morgan fingerprint density at radius 2 is 2.19 bits per heavy atom. The van der Waals surface area contributed by atoms with E-state index in [-0.39, 0.29) is 0 Å². The molecule has 0 fully saturated rings. The fourth-order valence-corrected chi connectivity index (χ4v) is 2.00. The summed E-state index contributed by atoms with van der Waals surface area (Å²) < 4.78 is 1.94. The lowest BCUT2D eigenvalue weighted by Gasteiger charge is -2.15. The smallest absolute Gasteiger partial charge is 0.0524 e. The Kier molecular flexibility index (Phi) is 5.53. The standard InChI is InChI=1S/C13H25N3/c1-5-7-13(6-2)14-9-8-12-10-15-16(4)11(12)3/h10,13-14H,5-9H2,1-4H3. The van der Waals surface area contributed by atoms with Gasteiger partial charge in [0.25, 0.3) is 0 Å². The predicted molar refractivity (Wildman–Crippen MR) is 68.6 cm³/mol. The molecule has 1 aromatic heterocycles. The Bertz CT molecular complexity index is 304. The van der Waals surface area contributed by atoms with Gasteiger partial charge in [-0.3, -0.25) is 4.68 Å². The Morgan fingerprint density at radius 3 is 2.69 bits per heavy atom. The summed E-state index contributed by atoms with van der Waals surface area (Å²) in [5.74, 6) is 0. The van der Waals surface area contributed by atoms with Gasteiger partial charge in [-0.1, -0.05) is 20.3 Å².